The first-order chi connectivity index (χ1) is 9.76. The molecule has 0 aliphatic rings. The maximum Gasteiger partial charge on any atom is 0.329 e. The fourth-order valence-corrected chi connectivity index (χ4v) is 1.60. The smallest absolute Gasteiger partial charge is 0.329 e. The number of hydrogen-bond donors (Lipinski definition) is 2. The number of nitrogens with zero attached hydrogens (tertiary/aromatic N) is 1. The quantitative estimate of drug-likeness (QED) is 0.640. The predicted octanol–water partition coefficient (Wildman–Crippen LogP) is 1.67. The van der Waals surface area contributed by atoms with E-state index in [1.165, 1.54) is 5.01 Å². The van der Waals surface area contributed by atoms with Crippen LogP contribution in [0.4, 0.5) is 4.79 Å². The zero-order valence-electron chi connectivity index (χ0n) is 13.0. The van der Waals surface area contributed by atoms with E-state index in [0.717, 1.165) is 5.56 Å². The first kappa shape index (κ1) is 17.0. The maximum absolute atomic E-state index is 11.7. The van der Waals surface area contributed by atoms with Gasteiger partial charge in [-0.1, -0.05) is 30.3 Å². The Bertz CT molecular complexity index is 469. The van der Waals surface area contributed by atoms with Gasteiger partial charge < -0.3 is 10.1 Å². The summed E-state index contributed by atoms with van der Waals surface area (Å²) in [5.74, 6) is -0.395. The lowest BCUT2D eigenvalue weighted by Crippen LogP contribution is -2.47. The summed E-state index contributed by atoms with van der Waals surface area (Å²) in [5.41, 5.74) is 3.02. The van der Waals surface area contributed by atoms with Crippen LogP contribution in [0.5, 0.6) is 0 Å². The van der Waals surface area contributed by atoms with E-state index < -0.39 is 11.6 Å². The molecule has 0 saturated heterocycles. The summed E-state index contributed by atoms with van der Waals surface area (Å²) >= 11 is 0. The molecule has 1 aromatic rings. The number of urea groups is 1. The monoisotopic (exact) mass is 293 g/mol. The number of hydrazine groups is 1. The summed E-state index contributed by atoms with van der Waals surface area (Å²) in [6, 6.07) is 9.20. The molecular weight excluding hydrogens is 270 g/mol. The number of amides is 2. The molecule has 6 nitrogen and oxygen atoms in total. The van der Waals surface area contributed by atoms with Crippen LogP contribution in [0.1, 0.15) is 26.3 Å². The number of nitrogens with one attached hydrogen (secondary N) is 2. The lowest BCUT2D eigenvalue weighted by atomic mass is 10.2. The van der Waals surface area contributed by atoms with Gasteiger partial charge in [-0.15, -0.1) is 0 Å². The van der Waals surface area contributed by atoms with Crippen LogP contribution in [0, 0.1) is 0 Å². The van der Waals surface area contributed by atoms with Gasteiger partial charge in [0.15, 0.2) is 0 Å². The Morgan fingerprint density at radius 2 is 1.81 bits per heavy atom. The number of rotatable bonds is 5. The zero-order valence-corrected chi connectivity index (χ0v) is 13.0. The topological polar surface area (TPSA) is 70.7 Å². The van der Waals surface area contributed by atoms with Crippen LogP contribution in [0.3, 0.4) is 0 Å². The number of carbonyl (C=O) groups is 2. The third-order valence-electron chi connectivity index (χ3n) is 2.37. The summed E-state index contributed by atoms with van der Waals surface area (Å²) in [6.45, 7) is 5.80. The van der Waals surface area contributed by atoms with E-state index in [1.54, 1.807) is 27.8 Å². The molecule has 1 rings (SSSR count). The van der Waals surface area contributed by atoms with E-state index in [4.69, 9.17) is 4.74 Å². The van der Waals surface area contributed by atoms with Crippen molar-refractivity contribution >= 4 is 12.0 Å². The highest BCUT2D eigenvalue weighted by atomic mass is 16.6. The van der Waals surface area contributed by atoms with Crippen LogP contribution in [0.15, 0.2) is 30.3 Å². The third kappa shape index (κ3) is 7.94. The molecule has 0 radical (unpaired) electrons. The van der Waals surface area contributed by atoms with Crippen molar-refractivity contribution in [2.24, 2.45) is 0 Å². The van der Waals surface area contributed by atoms with Gasteiger partial charge in [0.25, 0.3) is 0 Å². The average Bonchev–Trinajstić information content (AvgIpc) is 2.35. The summed E-state index contributed by atoms with van der Waals surface area (Å²) in [4.78, 5) is 23.3. The molecule has 2 N–H and O–H groups in total. The fourth-order valence-electron chi connectivity index (χ4n) is 1.60. The summed E-state index contributed by atoms with van der Waals surface area (Å²) < 4.78 is 5.17. The van der Waals surface area contributed by atoms with Crippen molar-refractivity contribution < 1.29 is 14.3 Å². The largest absolute Gasteiger partial charge is 0.459 e. The van der Waals surface area contributed by atoms with Gasteiger partial charge in [-0.05, 0) is 26.3 Å². The lowest BCUT2D eigenvalue weighted by Gasteiger charge is -2.22. The Balaban J connectivity index is 2.29. The number of likely N-dealkylation sites (N-methyl/N-ethyl adjacent to an activating group) is 1. The first-order valence-electron chi connectivity index (χ1n) is 6.77. The molecule has 0 spiro atoms. The second-order valence-electron chi connectivity index (χ2n) is 5.72. The Hall–Kier alpha value is -2.08. The van der Waals surface area contributed by atoms with Crippen molar-refractivity contribution in [3.8, 4) is 0 Å². The predicted molar refractivity (Wildman–Crippen MR) is 80.3 cm³/mol. The van der Waals surface area contributed by atoms with Gasteiger partial charge in [0, 0.05) is 13.6 Å². The van der Waals surface area contributed by atoms with Gasteiger partial charge in [0.1, 0.15) is 12.1 Å². The minimum absolute atomic E-state index is 0.0178. The minimum Gasteiger partial charge on any atom is -0.459 e. The Labute approximate surface area is 125 Å². The Morgan fingerprint density at radius 1 is 1.19 bits per heavy atom. The molecule has 0 aromatic heterocycles. The number of ether oxygens (including phenoxy) is 1. The molecular formula is C15H23N3O3. The number of esters is 1. The van der Waals surface area contributed by atoms with Gasteiger partial charge in [-0.2, -0.15) is 0 Å². The molecule has 0 saturated carbocycles. The van der Waals surface area contributed by atoms with Crippen LogP contribution in [0.25, 0.3) is 0 Å². The molecule has 0 aliphatic carbocycles. The number of hydrogen-bond acceptors (Lipinski definition) is 4. The number of benzene rings is 1. The van der Waals surface area contributed by atoms with Crippen LogP contribution < -0.4 is 10.7 Å². The van der Waals surface area contributed by atoms with Gasteiger partial charge in [0.05, 0.1) is 0 Å². The van der Waals surface area contributed by atoms with Crippen LogP contribution in [0.2, 0.25) is 0 Å². The van der Waals surface area contributed by atoms with Crippen molar-refractivity contribution in [2.75, 3.05) is 13.6 Å². The molecule has 0 heterocycles. The maximum atomic E-state index is 11.7. The van der Waals surface area contributed by atoms with Gasteiger partial charge in [0.2, 0.25) is 0 Å². The molecule has 21 heavy (non-hydrogen) atoms. The van der Waals surface area contributed by atoms with Crippen molar-refractivity contribution in [1.82, 2.24) is 15.8 Å². The van der Waals surface area contributed by atoms with Gasteiger partial charge in [-0.25, -0.2) is 9.80 Å². The highest BCUT2D eigenvalue weighted by Crippen LogP contribution is 2.06. The molecule has 0 bridgehead atoms. The average molecular weight is 293 g/mol. The van der Waals surface area contributed by atoms with Crippen LogP contribution in [-0.4, -0.2) is 36.2 Å². The van der Waals surface area contributed by atoms with Crippen LogP contribution in [-0.2, 0) is 16.1 Å². The zero-order chi connectivity index (χ0) is 15.9. The van der Waals surface area contributed by atoms with E-state index in [-0.39, 0.29) is 12.6 Å². The number of carbonyl (C=O) groups excluding carboxylic acids is 2. The molecule has 1 aromatic carbocycles. The van der Waals surface area contributed by atoms with E-state index in [9.17, 15) is 9.59 Å². The van der Waals surface area contributed by atoms with E-state index in [1.807, 2.05) is 30.3 Å². The van der Waals surface area contributed by atoms with Crippen molar-refractivity contribution in [3.63, 3.8) is 0 Å². The van der Waals surface area contributed by atoms with Crippen molar-refractivity contribution in [1.29, 1.82) is 0 Å². The normalized spacial score (nSPS) is 11.1. The van der Waals surface area contributed by atoms with Gasteiger partial charge in [-0.3, -0.25) is 10.2 Å². The van der Waals surface area contributed by atoms with Gasteiger partial charge >= 0.3 is 12.0 Å². The fraction of sp³-hybridized carbons (Fsp3) is 0.467. The molecule has 6 heteroatoms. The SMILES string of the molecule is CN(CC(=O)OC(C)(C)C)NC(=O)NCc1ccccc1. The van der Waals surface area contributed by atoms with E-state index >= 15 is 0 Å². The molecule has 2 amide bonds. The summed E-state index contributed by atoms with van der Waals surface area (Å²) in [6.07, 6.45) is 0. The molecule has 0 fully saturated rings. The summed E-state index contributed by atoms with van der Waals surface area (Å²) in [5, 5.41) is 4.09. The molecule has 116 valence electrons. The minimum atomic E-state index is -0.534. The highest BCUT2D eigenvalue weighted by molar-refractivity contribution is 5.75. The van der Waals surface area contributed by atoms with Crippen molar-refractivity contribution in [2.45, 2.75) is 32.9 Å². The molecule has 0 unspecified atom stereocenters. The van der Waals surface area contributed by atoms with E-state index in [2.05, 4.69) is 10.7 Å². The standard InChI is InChI=1S/C15H23N3O3/c1-15(2,3)21-13(19)11-18(4)17-14(20)16-10-12-8-6-5-7-9-12/h5-9H,10-11H2,1-4H3,(H2,16,17,20). The second-order valence-corrected chi connectivity index (χ2v) is 5.72. The first-order valence-corrected chi connectivity index (χ1v) is 6.77. The summed E-state index contributed by atoms with van der Waals surface area (Å²) in [7, 11) is 1.60. The van der Waals surface area contributed by atoms with Crippen LogP contribution >= 0.6 is 0 Å². The Kier molecular flexibility index (Phi) is 6.17. The third-order valence-corrected chi connectivity index (χ3v) is 2.37. The van der Waals surface area contributed by atoms with Crippen molar-refractivity contribution in [3.05, 3.63) is 35.9 Å². The van der Waals surface area contributed by atoms with E-state index in [0.29, 0.717) is 6.54 Å². The molecule has 0 atom stereocenters. The lowest BCUT2D eigenvalue weighted by molar-refractivity contribution is -0.156. The second kappa shape index (κ2) is 7.64. The Morgan fingerprint density at radius 3 is 2.38 bits per heavy atom. The molecule has 0 aliphatic heterocycles. The highest BCUT2D eigenvalue weighted by Gasteiger charge is 2.18.